The zero-order valence-corrected chi connectivity index (χ0v) is 16.1. The summed E-state index contributed by atoms with van der Waals surface area (Å²) in [5.74, 6) is -0.134. The van der Waals surface area contributed by atoms with Gasteiger partial charge in [-0.2, -0.15) is 0 Å². The smallest absolute Gasteiger partial charge is 0.267 e. The molecule has 3 heterocycles. The molecule has 0 spiro atoms. The summed E-state index contributed by atoms with van der Waals surface area (Å²) >= 11 is 1.41. The molecular formula is C21H20N4OS. The Hall–Kier alpha value is -2.99. The van der Waals surface area contributed by atoms with Crippen molar-refractivity contribution in [2.24, 2.45) is 0 Å². The molecule has 0 atom stereocenters. The van der Waals surface area contributed by atoms with Crippen LogP contribution in [0.25, 0.3) is 21.5 Å². The number of anilines is 1. The second kappa shape index (κ2) is 7.32. The normalized spacial score (nSPS) is 11.0. The Kier molecular flexibility index (Phi) is 4.73. The molecule has 1 amide bonds. The molecule has 0 aliphatic rings. The van der Waals surface area contributed by atoms with Gasteiger partial charge in [-0.3, -0.25) is 9.78 Å². The van der Waals surface area contributed by atoms with E-state index in [1.54, 1.807) is 0 Å². The van der Waals surface area contributed by atoms with Crippen LogP contribution in [0.2, 0.25) is 0 Å². The van der Waals surface area contributed by atoms with Crippen molar-refractivity contribution in [3.8, 4) is 10.6 Å². The van der Waals surface area contributed by atoms with Gasteiger partial charge in [0.1, 0.15) is 9.88 Å². The van der Waals surface area contributed by atoms with E-state index in [9.17, 15) is 4.79 Å². The average molecular weight is 376 g/mol. The van der Waals surface area contributed by atoms with Crippen molar-refractivity contribution in [3.63, 3.8) is 0 Å². The van der Waals surface area contributed by atoms with E-state index in [-0.39, 0.29) is 5.91 Å². The van der Waals surface area contributed by atoms with Gasteiger partial charge in [0.25, 0.3) is 5.91 Å². The monoisotopic (exact) mass is 376 g/mol. The Morgan fingerprint density at radius 1 is 1.22 bits per heavy atom. The number of rotatable bonds is 5. The van der Waals surface area contributed by atoms with E-state index in [2.05, 4.69) is 33.3 Å². The number of nitrogens with one attached hydrogen (secondary N) is 2. The van der Waals surface area contributed by atoms with Crippen LogP contribution in [-0.4, -0.2) is 20.9 Å². The SMILES string of the molecule is CCCc1cc(-c2nc(C)c(C(=O)Nc3ccc4cc[nH]c4c3)s2)ccn1. The molecule has 0 aliphatic heterocycles. The van der Waals surface area contributed by atoms with Gasteiger partial charge in [-0.1, -0.05) is 19.4 Å². The molecule has 0 bridgehead atoms. The lowest BCUT2D eigenvalue weighted by molar-refractivity contribution is 0.103. The van der Waals surface area contributed by atoms with Crippen LogP contribution in [0, 0.1) is 6.92 Å². The lowest BCUT2D eigenvalue weighted by Gasteiger charge is -2.04. The maximum Gasteiger partial charge on any atom is 0.267 e. The van der Waals surface area contributed by atoms with E-state index in [1.807, 2.05) is 49.6 Å². The summed E-state index contributed by atoms with van der Waals surface area (Å²) in [6.07, 6.45) is 5.68. The number of aryl methyl sites for hydroxylation is 2. The maximum atomic E-state index is 12.8. The summed E-state index contributed by atoms with van der Waals surface area (Å²) < 4.78 is 0. The predicted molar refractivity (Wildman–Crippen MR) is 110 cm³/mol. The van der Waals surface area contributed by atoms with Crippen molar-refractivity contribution >= 4 is 33.8 Å². The van der Waals surface area contributed by atoms with Crippen LogP contribution in [0.5, 0.6) is 0 Å². The number of carbonyl (C=O) groups excluding carboxylic acids is 1. The van der Waals surface area contributed by atoms with Crippen LogP contribution >= 0.6 is 11.3 Å². The number of nitrogens with zero attached hydrogens (tertiary/aromatic N) is 2. The minimum Gasteiger partial charge on any atom is -0.361 e. The number of H-pyrrole nitrogens is 1. The molecule has 0 radical (unpaired) electrons. The fourth-order valence-electron chi connectivity index (χ4n) is 3.05. The van der Waals surface area contributed by atoms with E-state index < -0.39 is 0 Å². The van der Waals surface area contributed by atoms with Crippen LogP contribution in [-0.2, 0) is 6.42 Å². The molecule has 3 aromatic heterocycles. The Labute approximate surface area is 161 Å². The van der Waals surface area contributed by atoms with E-state index in [1.165, 1.54) is 11.3 Å². The Morgan fingerprint density at radius 3 is 2.96 bits per heavy atom. The minimum atomic E-state index is -0.134. The first-order chi connectivity index (χ1) is 13.1. The van der Waals surface area contributed by atoms with Crippen molar-refractivity contribution in [2.45, 2.75) is 26.7 Å². The van der Waals surface area contributed by atoms with Gasteiger partial charge in [-0.05, 0) is 49.1 Å². The second-order valence-electron chi connectivity index (χ2n) is 6.45. The van der Waals surface area contributed by atoms with Crippen molar-refractivity contribution < 1.29 is 4.79 Å². The minimum absolute atomic E-state index is 0.134. The zero-order valence-electron chi connectivity index (χ0n) is 15.2. The molecule has 0 unspecified atom stereocenters. The molecule has 0 aliphatic carbocycles. The number of carbonyl (C=O) groups is 1. The number of fused-ring (bicyclic) bond motifs is 1. The summed E-state index contributed by atoms with van der Waals surface area (Å²) in [6.45, 7) is 4.01. The molecule has 6 heteroatoms. The highest BCUT2D eigenvalue weighted by Gasteiger charge is 2.17. The zero-order chi connectivity index (χ0) is 18.8. The lowest BCUT2D eigenvalue weighted by atomic mass is 10.2. The third kappa shape index (κ3) is 3.61. The Morgan fingerprint density at radius 2 is 2.11 bits per heavy atom. The molecule has 1 aromatic carbocycles. The fourth-order valence-corrected chi connectivity index (χ4v) is 4.01. The van der Waals surface area contributed by atoms with E-state index in [4.69, 9.17) is 0 Å². The lowest BCUT2D eigenvalue weighted by Crippen LogP contribution is -2.11. The van der Waals surface area contributed by atoms with Gasteiger partial charge in [-0.25, -0.2) is 4.98 Å². The third-order valence-corrected chi connectivity index (χ3v) is 5.59. The molecule has 0 saturated carbocycles. The van der Waals surface area contributed by atoms with Crippen LogP contribution in [0.3, 0.4) is 0 Å². The Bertz CT molecular complexity index is 1110. The van der Waals surface area contributed by atoms with Crippen molar-refractivity contribution in [3.05, 3.63) is 65.1 Å². The number of pyridine rings is 1. The van der Waals surface area contributed by atoms with E-state index in [0.29, 0.717) is 4.88 Å². The highest BCUT2D eigenvalue weighted by molar-refractivity contribution is 7.17. The topological polar surface area (TPSA) is 70.7 Å². The summed E-state index contributed by atoms with van der Waals surface area (Å²) in [5, 5.41) is 4.94. The Balaban J connectivity index is 1.58. The van der Waals surface area contributed by atoms with E-state index >= 15 is 0 Å². The van der Waals surface area contributed by atoms with Crippen LogP contribution in [0.15, 0.2) is 48.8 Å². The van der Waals surface area contributed by atoms with Gasteiger partial charge in [0.05, 0.1) is 5.69 Å². The number of aromatic nitrogens is 3. The molecule has 27 heavy (non-hydrogen) atoms. The molecule has 4 rings (SSSR count). The maximum absolute atomic E-state index is 12.8. The largest absolute Gasteiger partial charge is 0.361 e. The number of thiazole rings is 1. The van der Waals surface area contributed by atoms with Crippen molar-refractivity contribution in [2.75, 3.05) is 5.32 Å². The molecular weight excluding hydrogens is 356 g/mol. The van der Waals surface area contributed by atoms with Gasteiger partial charge >= 0.3 is 0 Å². The number of amides is 1. The third-order valence-electron chi connectivity index (χ3n) is 4.39. The molecule has 5 nitrogen and oxygen atoms in total. The molecule has 2 N–H and O–H groups in total. The summed E-state index contributed by atoms with van der Waals surface area (Å²) in [4.78, 5) is 25.5. The van der Waals surface area contributed by atoms with Crippen LogP contribution in [0.4, 0.5) is 5.69 Å². The summed E-state index contributed by atoms with van der Waals surface area (Å²) in [6, 6.07) is 11.8. The number of hydrogen-bond acceptors (Lipinski definition) is 4. The van der Waals surface area contributed by atoms with Crippen molar-refractivity contribution in [1.29, 1.82) is 0 Å². The van der Waals surface area contributed by atoms with Gasteiger partial charge < -0.3 is 10.3 Å². The van der Waals surface area contributed by atoms with Gasteiger partial charge in [0.2, 0.25) is 0 Å². The van der Waals surface area contributed by atoms with Gasteiger partial charge in [0.15, 0.2) is 0 Å². The molecule has 4 aromatic rings. The standard InChI is InChI=1S/C21H20N4OS/c1-3-4-16-11-15(8-9-22-16)21-24-13(2)19(27-21)20(26)25-17-6-5-14-7-10-23-18(14)12-17/h5-12,23H,3-4H2,1-2H3,(H,25,26). The first kappa shape index (κ1) is 17.4. The summed E-state index contributed by atoms with van der Waals surface area (Å²) in [5.41, 5.74) is 4.55. The second-order valence-corrected chi connectivity index (χ2v) is 7.45. The number of hydrogen-bond donors (Lipinski definition) is 2. The van der Waals surface area contributed by atoms with Gasteiger partial charge in [0, 0.05) is 34.9 Å². The summed E-state index contributed by atoms with van der Waals surface area (Å²) in [7, 11) is 0. The predicted octanol–water partition coefficient (Wildman–Crippen LogP) is 5.20. The van der Waals surface area contributed by atoms with E-state index in [0.717, 1.165) is 51.4 Å². The highest BCUT2D eigenvalue weighted by atomic mass is 32.1. The van der Waals surface area contributed by atoms with Crippen molar-refractivity contribution in [1.82, 2.24) is 15.0 Å². The molecule has 136 valence electrons. The quantitative estimate of drug-likeness (QED) is 0.503. The fraction of sp³-hybridized carbons (Fsp3) is 0.190. The number of aromatic amines is 1. The molecule has 0 fully saturated rings. The van der Waals surface area contributed by atoms with Gasteiger partial charge in [-0.15, -0.1) is 11.3 Å². The van der Waals surface area contributed by atoms with Crippen LogP contribution in [0.1, 0.15) is 34.4 Å². The number of benzene rings is 1. The first-order valence-electron chi connectivity index (χ1n) is 8.95. The van der Waals surface area contributed by atoms with Crippen LogP contribution < -0.4 is 5.32 Å². The molecule has 0 saturated heterocycles. The highest BCUT2D eigenvalue weighted by Crippen LogP contribution is 2.29. The first-order valence-corrected chi connectivity index (χ1v) is 9.77. The average Bonchev–Trinajstić information content (AvgIpc) is 3.28.